The van der Waals surface area contributed by atoms with Crippen LogP contribution in [-0.4, -0.2) is 36.4 Å². The van der Waals surface area contributed by atoms with Crippen LogP contribution in [-0.2, 0) is 14.3 Å². The molecule has 6 nitrogen and oxygen atoms in total. The maximum Gasteiger partial charge on any atom is 0.347 e. The molecule has 1 aliphatic heterocycles. The summed E-state index contributed by atoms with van der Waals surface area (Å²) in [5.41, 5.74) is 5.32. The number of carbonyl (C=O) groups is 1. The van der Waals surface area contributed by atoms with E-state index in [-0.39, 0.29) is 29.3 Å². The lowest BCUT2D eigenvalue weighted by Crippen LogP contribution is -2.29. The molecule has 122 valence electrons. The highest BCUT2D eigenvalue weighted by Gasteiger charge is 2.24. The van der Waals surface area contributed by atoms with E-state index in [9.17, 15) is 9.18 Å². The van der Waals surface area contributed by atoms with E-state index in [1.807, 2.05) is 0 Å². The molecule has 1 aromatic heterocycles. The zero-order valence-corrected chi connectivity index (χ0v) is 13.3. The van der Waals surface area contributed by atoms with E-state index in [1.165, 1.54) is 6.92 Å². The highest BCUT2D eigenvalue weighted by atomic mass is 35.5. The van der Waals surface area contributed by atoms with E-state index >= 15 is 0 Å². The topological polar surface area (TPSA) is 83.7 Å². The van der Waals surface area contributed by atoms with Gasteiger partial charge in [-0.25, -0.2) is 4.79 Å². The number of nitrogen functional groups attached to an aromatic ring is 1. The molecule has 1 aliphatic rings. The number of hydrogen-bond acceptors (Lipinski definition) is 6. The summed E-state index contributed by atoms with van der Waals surface area (Å²) in [4.78, 5) is 15.3. The van der Waals surface area contributed by atoms with E-state index in [0.717, 1.165) is 12.8 Å². The Labute approximate surface area is 136 Å². The van der Waals surface area contributed by atoms with Gasteiger partial charge in [0.05, 0.1) is 11.8 Å². The van der Waals surface area contributed by atoms with Gasteiger partial charge < -0.3 is 19.9 Å². The Kier molecular flexibility index (Phi) is 5.66. The monoisotopic (exact) mass is 352 g/mol. The molecule has 0 radical (unpaired) electrons. The largest absolute Gasteiger partial charge is 0.461 e. The van der Waals surface area contributed by atoms with Gasteiger partial charge in [-0.15, -0.1) is 0 Å². The molecule has 0 aromatic carbocycles. The second-order valence-electron chi connectivity index (χ2n) is 4.77. The van der Waals surface area contributed by atoms with Crippen LogP contribution in [0.5, 0.6) is 5.88 Å². The van der Waals surface area contributed by atoms with Crippen LogP contribution < -0.4 is 10.5 Å². The van der Waals surface area contributed by atoms with Crippen LogP contribution in [0.4, 0.5) is 10.1 Å². The number of anilines is 1. The van der Waals surface area contributed by atoms with Crippen LogP contribution in [0.25, 0.3) is 0 Å². The quantitative estimate of drug-likeness (QED) is 0.647. The fourth-order valence-electron chi connectivity index (χ4n) is 1.87. The number of pyridine rings is 1. The number of rotatable bonds is 5. The summed E-state index contributed by atoms with van der Waals surface area (Å²) in [5.74, 6) is -1.98. The summed E-state index contributed by atoms with van der Waals surface area (Å²) in [6.07, 6.45) is 0.652. The normalized spacial score (nSPS) is 19.0. The van der Waals surface area contributed by atoms with Gasteiger partial charge in [-0.2, -0.15) is 9.37 Å². The van der Waals surface area contributed by atoms with Gasteiger partial charge in [-0.05, 0) is 19.8 Å². The van der Waals surface area contributed by atoms with E-state index in [1.54, 1.807) is 0 Å². The molecule has 0 bridgehead atoms. The molecule has 9 heteroatoms. The van der Waals surface area contributed by atoms with Gasteiger partial charge in [0.2, 0.25) is 11.8 Å². The number of esters is 1. The predicted molar refractivity (Wildman–Crippen MR) is 78.7 cm³/mol. The summed E-state index contributed by atoms with van der Waals surface area (Å²) in [7, 11) is 0. The Bertz CT molecular complexity index is 567. The average molecular weight is 353 g/mol. The third kappa shape index (κ3) is 3.91. The minimum absolute atomic E-state index is 0.0958. The van der Waals surface area contributed by atoms with Crippen molar-refractivity contribution in [2.45, 2.75) is 32.0 Å². The fourth-order valence-corrected chi connectivity index (χ4v) is 2.24. The number of hydrogen-bond donors (Lipinski definition) is 1. The molecule has 0 spiro atoms. The van der Waals surface area contributed by atoms with E-state index in [0.29, 0.717) is 6.61 Å². The molecule has 2 unspecified atom stereocenters. The van der Waals surface area contributed by atoms with Gasteiger partial charge >= 0.3 is 5.97 Å². The van der Waals surface area contributed by atoms with Crippen molar-refractivity contribution >= 4 is 34.9 Å². The molecule has 2 atom stereocenters. The number of carbonyl (C=O) groups excluding carboxylic acids is 1. The molecule has 0 aliphatic carbocycles. The molecule has 0 saturated carbocycles. The Morgan fingerprint density at radius 1 is 1.55 bits per heavy atom. The number of ether oxygens (including phenoxy) is 3. The SMILES string of the molecule is CC(Oc1nc(F)c(Cl)c(N)c1Cl)C(=O)OCC1CCCO1. The first-order valence-electron chi connectivity index (χ1n) is 6.65. The molecule has 1 aromatic rings. The standard InChI is InChI=1S/C13H15Cl2FN2O4/c1-6(13(19)21-5-7-3-2-4-20-7)22-12-9(15)10(17)8(14)11(16)18-12/h6-7H,2-5H2,1H3,(H2,17,18). The van der Waals surface area contributed by atoms with Crippen LogP contribution in [0.3, 0.4) is 0 Å². The highest BCUT2D eigenvalue weighted by molar-refractivity contribution is 6.39. The first-order valence-corrected chi connectivity index (χ1v) is 7.40. The van der Waals surface area contributed by atoms with Crippen LogP contribution in [0.1, 0.15) is 19.8 Å². The number of aromatic nitrogens is 1. The van der Waals surface area contributed by atoms with Crippen LogP contribution >= 0.6 is 23.2 Å². The lowest BCUT2D eigenvalue weighted by atomic mass is 10.2. The average Bonchev–Trinajstić information content (AvgIpc) is 3.01. The van der Waals surface area contributed by atoms with Crippen molar-refractivity contribution < 1.29 is 23.4 Å². The van der Waals surface area contributed by atoms with Crippen LogP contribution in [0.2, 0.25) is 10.0 Å². The Morgan fingerprint density at radius 3 is 2.91 bits per heavy atom. The van der Waals surface area contributed by atoms with Crippen molar-refractivity contribution in [2.24, 2.45) is 0 Å². The van der Waals surface area contributed by atoms with Crippen LogP contribution in [0, 0.1) is 5.95 Å². The summed E-state index contributed by atoms with van der Waals surface area (Å²) in [6.45, 7) is 2.24. The maximum absolute atomic E-state index is 13.4. The number of halogens is 3. The van der Waals surface area contributed by atoms with Crippen LogP contribution in [0.15, 0.2) is 0 Å². The predicted octanol–water partition coefficient (Wildman–Crippen LogP) is 2.60. The molecular formula is C13H15Cl2FN2O4. The first-order chi connectivity index (χ1) is 10.4. The Morgan fingerprint density at radius 2 is 2.27 bits per heavy atom. The van der Waals surface area contributed by atoms with Gasteiger partial charge in [0.25, 0.3) is 0 Å². The summed E-state index contributed by atoms with van der Waals surface area (Å²) in [5, 5.41) is -0.559. The lowest BCUT2D eigenvalue weighted by molar-refractivity contribution is -0.154. The highest BCUT2D eigenvalue weighted by Crippen LogP contribution is 2.35. The van der Waals surface area contributed by atoms with E-state index in [2.05, 4.69) is 4.98 Å². The molecule has 2 rings (SSSR count). The Balaban J connectivity index is 1.96. The van der Waals surface area contributed by atoms with Gasteiger partial charge in [-0.3, -0.25) is 0 Å². The minimum Gasteiger partial charge on any atom is -0.461 e. The number of nitrogens with two attached hydrogens (primary N) is 1. The first kappa shape index (κ1) is 17.1. The zero-order valence-electron chi connectivity index (χ0n) is 11.8. The van der Waals surface area contributed by atoms with Crippen molar-refractivity contribution in [3.63, 3.8) is 0 Å². The Hall–Kier alpha value is -1.31. The summed E-state index contributed by atoms with van der Waals surface area (Å²) < 4.78 is 29.0. The lowest BCUT2D eigenvalue weighted by Gasteiger charge is -2.16. The molecule has 2 heterocycles. The summed E-state index contributed by atoms with van der Waals surface area (Å²) in [6, 6.07) is 0. The maximum atomic E-state index is 13.4. The minimum atomic E-state index is -1.04. The molecule has 1 fully saturated rings. The second kappa shape index (κ2) is 7.30. The van der Waals surface area contributed by atoms with E-state index in [4.69, 9.17) is 43.1 Å². The van der Waals surface area contributed by atoms with Gasteiger partial charge in [0, 0.05) is 6.61 Å². The van der Waals surface area contributed by atoms with Crippen molar-refractivity contribution in [3.05, 3.63) is 16.0 Å². The van der Waals surface area contributed by atoms with Gasteiger partial charge in [0.15, 0.2) is 6.10 Å². The summed E-state index contributed by atoms with van der Waals surface area (Å²) >= 11 is 11.4. The smallest absolute Gasteiger partial charge is 0.347 e. The van der Waals surface area contributed by atoms with Gasteiger partial charge in [0.1, 0.15) is 16.7 Å². The van der Waals surface area contributed by atoms with Crippen molar-refractivity contribution in [1.29, 1.82) is 0 Å². The molecular weight excluding hydrogens is 338 g/mol. The second-order valence-corrected chi connectivity index (χ2v) is 5.53. The molecule has 1 saturated heterocycles. The molecule has 22 heavy (non-hydrogen) atoms. The fraction of sp³-hybridized carbons (Fsp3) is 0.538. The van der Waals surface area contributed by atoms with Gasteiger partial charge in [-0.1, -0.05) is 23.2 Å². The third-order valence-corrected chi connectivity index (χ3v) is 3.82. The van der Waals surface area contributed by atoms with E-state index < -0.39 is 23.0 Å². The molecule has 0 amide bonds. The van der Waals surface area contributed by atoms with Crippen molar-refractivity contribution in [2.75, 3.05) is 18.9 Å². The van der Waals surface area contributed by atoms with Crippen molar-refractivity contribution in [1.82, 2.24) is 4.98 Å². The van der Waals surface area contributed by atoms with Crippen molar-refractivity contribution in [3.8, 4) is 5.88 Å². The molecule has 2 N–H and O–H groups in total. The third-order valence-electron chi connectivity index (χ3n) is 3.10. The number of nitrogens with zero attached hydrogens (tertiary/aromatic N) is 1. The zero-order chi connectivity index (χ0) is 16.3.